The van der Waals surface area contributed by atoms with Gasteiger partial charge in [0.15, 0.2) is 8.32 Å². The molecule has 2 bridgehead atoms. The van der Waals surface area contributed by atoms with Crippen LogP contribution in [0.5, 0.6) is 0 Å². The highest BCUT2D eigenvalue weighted by molar-refractivity contribution is 6.74. The van der Waals surface area contributed by atoms with Crippen LogP contribution in [0.15, 0.2) is 11.6 Å². The molecule has 0 aromatic rings. The van der Waals surface area contributed by atoms with Crippen LogP contribution in [0.25, 0.3) is 0 Å². The van der Waals surface area contributed by atoms with Gasteiger partial charge in [-0.1, -0.05) is 54.5 Å². The summed E-state index contributed by atoms with van der Waals surface area (Å²) < 4.78 is 7.11. The van der Waals surface area contributed by atoms with Gasteiger partial charge in [0.2, 0.25) is 0 Å². The largest absolute Gasteiger partial charge is 0.413 e. The minimum absolute atomic E-state index is 0.00567. The molecule has 0 saturated heterocycles. The van der Waals surface area contributed by atoms with E-state index in [4.69, 9.17) is 4.43 Å². The first kappa shape index (κ1) is 22.7. The summed E-state index contributed by atoms with van der Waals surface area (Å²) in [5, 5.41) is 11.3. The molecular weight excluding hydrogens is 388 g/mol. The summed E-state index contributed by atoms with van der Waals surface area (Å²) in [7, 11) is -2.03. The molecule has 4 aliphatic carbocycles. The van der Waals surface area contributed by atoms with Crippen molar-refractivity contribution in [2.45, 2.75) is 98.6 Å². The number of fused-ring (bicyclic) bond motifs is 3. The molecule has 4 rings (SSSR count). The van der Waals surface area contributed by atoms with Crippen LogP contribution in [0, 0.1) is 46.3 Å². The van der Waals surface area contributed by atoms with E-state index in [-0.39, 0.29) is 40.2 Å². The van der Waals surface area contributed by atoms with E-state index in [2.05, 4.69) is 67.6 Å². The van der Waals surface area contributed by atoms with Gasteiger partial charge in [0.1, 0.15) is 5.78 Å². The molecule has 0 radical (unpaired) electrons. The maximum absolute atomic E-state index is 14.5. The zero-order valence-electron chi connectivity index (χ0n) is 20.9. The van der Waals surface area contributed by atoms with Gasteiger partial charge in [0.25, 0.3) is 0 Å². The second-order valence-electron chi connectivity index (χ2n) is 13.4. The van der Waals surface area contributed by atoms with Gasteiger partial charge in [0.05, 0.1) is 17.6 Å². The van der Waals surface area contributed by atoms with Crippen molar-refractivity contribution in [3.05, 3.63) is 11.6 Å². The third kappa shape index (κ3) is 2.85. The molecule has 3 fully saturated rings. The van der Waals surface area contributed by atoms with E-state index < -0.39 is 19.8 Å². The molecule has 30 heavy (non-hydrogen) atoms. The van der Waals surface area contributed by atoms with E-state index in [0.717, 1.165) is 18.4 Å². The van der Waals surface area contributed by atoms with Crippen molar-refractivity contribution in [3.8, 4) is 0 Å². The van der Waals surface area contributed by atoms with Crippen molar-refractivity contribution in [3.63, 3.8) is 0 Å². The minimum Gasteiger partial charge on any atom is -0.413 e. The topological polar surface area (TPSA) is 46.5 Å². The molecule has 0 aromatic heterocycles. The number of aliphatic hydroxyl groups is 1. The van der Waals surface area contributed by atoms with Gasteiger partial charge in [-0.2, -0.15) is 0 Å². The summed E-state index contributed by atoms with van der Waals surface area (Å²) in [5.41, 5.74) is 0.711. The Bertz CT molecular complexity index is 776. The molecule has 4 heteroatoms. The van der Waals surface area contributed by atoms with Gasteiger partial charge in [-0.25, -0.2) is 0 Å². The van der Waals surface area contributed by atoms with Crippen molar-refractivity contribution >= 4 is 14.1 Å². The number of carbonyl (C=O) groups excluding carboxylic acids is 1. The first-order valence-electron chi connectivity index (χ1n) is 12.2. The van der Waals surface area contributed by atoms with Gasteiger partial charge in [0, 0.05) is 11.8 Å². The highest BCUT2D eigenvalue weighted by atomic mass is 28.4. The second-order valence-corrected chi connectivity index (χ2v) is 18.2. The zero-order chi connectivity index (χ0) is 22.6. The molecule has 1 spiro atoms. The first-order valence-corrected chi connectivity index (χ1v) is 15.1. The Labute approximate surface area is 185 Å². The SMILES string of the molecule is CC1=C[C@]23C(=O)[C@@H]([C@H](O[Si](C)(C)C(C)(C)C)[C@H](C)C[C@@H]2[C@H]1O)[C@H]1[C@@H](C[C@H]3C)C1(C)C. The smallest absolute Gasteiger partial charge is 0.192 e. The third-order valence-electron chi connectivity index (χ3n) is 10.4. The fraction of sp³-hybridized carbons (Fsp3) is 0.885. The minimum atomic E-state index is -2.03. The van der Waals surface area contributed by atoms with Crippen molar-refractivity contribution in [2.24, 2.45) is 46.3 Å². The maximum atomic E-state index is 14.5. The third-order valence-corrected chi connectivity index (χ3v) is 14.9. The summed E-state index contributed by atoms with van der Waals surface area (Å²) in [5.74, 6) is 1.90. The van der Waals surface area contributed by atoms with Crippen molar-refractivity contribution in [2.75, 3.05) is 0 Å². The summed E-state index contributed by atoms with van der Waals surface area (Å²) in [4.78, 5) is 14.5. The summed E-state index contributed by atoms with van der Waals surface area (Å²) in [6.45, 7) is 22.8. The van der Waals surface area contributed by atoms with E-state index >= 15 is 0 Å². The standard InChI is InChI=1S/C26H44O3Si/c1-14-11-18-21(27)15(2)13-26(18)16(3)12-17-20(25(17,7)8)19(23(26)28)22(14)29-30(9,10)24(4,5)6/h13-14,16-22,27H,11-12H2,1-10H3/t14-,16-,17-,18-,19-,20-,21+,22-,26-/m1/s1. The van der Waals surface area contributed by atoms with Crippen LogP contribution < -0.4 is 0 Å². The number of rotatable bonds is 2. The van der Waals surface area contributed by atoms with E-state index in [1.807, 2.05) is 6.92 Å². The lowest BCUT2D eigenvalue weighted by Crippen LogP contribution is -2.51. The Hall–Kier alpha value is -0.453. The van der Waals surface area contributed by atoms with Crippen molar-refractivity contribution in [1.82, 2.24) is 0 Å². The Morgan fingerprint density at radius 2 is 1.73 bits per heavy atom. The quantitative estimate of drug-likeness (QED) is 0.440. The number of hydrogen-bond acceptors (Lipinski definition) is 3. The lowest BCUT2D eigenvalue weighted by molar-refractivity contribution is -0.139. The molecule has 9 atom stereocenters. The number of ketones is 1. The van der Waals surface area contributed by atoms with Crippen LogP contribution in [-0.4, -0.2) is 31.4 Å². The molecule has 3 saturated carbocycles. The maximum Gasteiger partial charge on any atom is 0.192 e. The Morgan fingerprint density at radius 1 is 1.13 bits per heavy atom. The Balaban J connectivity index is 1.85. The van der Waals surface area contributed by atoms with Crippen LogP contribution in [0.2, 0.25) is 18.1 Å². The van der Waals surface area contributed by atoms with Gasteiger partial charge in [-0.15, -0.1) is 0 Å². The summed E-state index contributed by atoms with van der Waals surface area (Å²) >= 11 is 0. The molecule has 0 unspecified atom stereocenters. The predicted molar refractivity (Wildman–Crippen MR) is 125 cm³/mol. The van der Waals surface area contributed by atoms with Crippen LogP contribution in [0.1, 0.15) is 68.2 Å². The zero-order valence-corrected chi connectivity index (χ0v) is 21.9. The number of carbonyl (C=O) groups is 1. The van der Waals surface area contributed by atoms with E-state index in [1.54, 1.807) is 0 Å². The Kier molecular flexibility index (Phi) is 4.96. The van der Waals surface area contributed by atoms with E-state index in [1.165, 1.54) is 0 Å². The average Bonchev–Trinajstić information content (AvgIpc) is 3.07. The second kappa shape index (κ2) is 6.54. The molecule has 1 N–H and O–H groups in total. The van der Waals surface area contributed by atoms with Crippen molar-refractivity contribution in [1.29, 1.82) is 0 Å². The summed E-state index contributed by atoms with van der Waals surface area (Å²) in [6, 6.07) is 0. The highest BCUT2D eigenvalue weighted by Crippen LogP contribution is 2.72. The first-order chi connectivity index (χ1) is 13.6. The average molecular weight is 433 g/mol. The number of Topliss-reactive ketones (excluding diaryl/α,β-unsaturated/α-hetero) is 1. The van der Waals surface area contributed by atoms with Crippen molar-refractivity contribution < 1.29 is 14.3 Å². The highest BCUT2D eigenvalue weighted by Gasteiger charge is 2.72. The predicted octanol–water partition coefficient (Wildman–Crippen LogP) is 5.84. The fourth-order valence-corrected chi connectivity index (χ4v) is 8.82. The van der Waals surface area contributed by atoms with Crippen LogP contribution in [-0.2, 0) is 9.22 Å². The number of hydrogen-bond donors (Lipinski definition) is 1. The Morgan fingerprint density at radius 3 is 2.30 bits per heavy atom. The van der Waals surface area contributed by atoms with Crippen LogP contribution >= 0.6 is 0 Å². The molecule has 0 heterocycles. The molecule has 0 aromatic carbocycles. The monoisotopic (exact) mass is 432 g/mol. The fourth-order valence-electron chi connectivity index (χ4n) is 7.40. The molecular formula is C26H44O3Si. The molecule has 170 valence electrons. The number of aliphatic hydroxyl groups excluding tert-OH is 1. The lowest BCUT2D eigenvalue weighted by atomic mass is 9.62. The van der Waals surface area contributed by atoms with Gasteiger partial charge < -0.3 is 9.53 Å². The van der Waals surface area contributed by atoms with Gasteiger partial charge >= 0.3 is 0 Å². The lowest BCUT2D eigenvalue weighted by Gasteiger charge is -2.43. The normalized spacial score (nSPS) is 47.7. The van der Waals surface area contributed by atoms with Crippen LogP contribution in [0.3, 0.4) is 0 Å². The molecule has 4 aliphatic rings. The van der Waals surface area contributed by atoms with E-state index in [9.17, 15) is 9.90 Å². The van der Waals surface area contributed by atoms with Crippen LogP contribution in [0.4, 0.5) is 0 Å². The van der Waals surface area contributed by atoms with E-state index in [0.29, 0.717) is 17.6 Å². The number of allylic oxidation sites excluding steroid dienone is 1. The summed E-state index contributed by atoms with van der Waals surface area (Å²) in [6.07, 6.45) is 3.64. The molecule has 3 nitrogen and oxygen atoms in total. The van der Waals surface area contributed by atoms with Gasteiger partial charge in [-0.3, -0.25) is 4.79 Å². The molecule has 0 amide bonds. The van der Waals surface area contributed by atoms with Gasteiger partial charge in [-0.05, 0) is 72.6 Å². The molecule has 0 aliphatic heterocycles.